The molecule has 0 saturated heterocycles. The highest BCUT2D eigenvalue weighted by Crippen LogP contribution is 2.31. The van der Waals surface area contributed by atoms with Crippen molar-refractivity contribution in [1.82, 2.24) is 10.2 Å². The van der Waals surface area contributed by atoms with Crippen LogP contribution in [0.25, 0.3) is 11.1 Å². The number of nitrogens with zero attached hydrogens (tertiary/aromatic N) is 1. The van der Waals surface area contributed by atoms with Crippen molar-refractivity contribution in [3.8, 4) is 22.6 Å². The molecule has 0 fully saturated rings. The Kier molecular flexibility index (Phi) is 3.81. The molecule has 2 heterocycles. The normalized spacial score (nSPS) is 15.6. The van der Waals surface area contributed by atoms with Crippen molar-refractivity contribution in [2.75, 3.05) is 11.9 Å². The number of rotatable bonds is 3. The van der Waals surface area contributed by atoms with Crippen LogP contribution in [0.5, 0.6) is 11.5 Å². The van der Waals surface area contributed by atoms with Crippen molar-refractivity contribution in [2.24, 2.45) is 0 Å². The molecule has 0 saturated carbocycles. The van der Waals surface area contributed by atoms with Crippen LogP contribution in [0, 0.1) is 5.82 Å². The second kappa shape index (κ2) is 6.27. The fourth-order valence-electron chi connectivity index (χ4n) is 2.57. The number of nitrogens with one attached hydrogen (secondary N) is 2. The van der Waals surface area contributed by atoms with Gasteiger partial charge in [0.2, 0.25) is 6.10 Å². The van der Waals surface area contributed by atoms with Crippen LogP contribution in [-0.2, 0) is 4.79 Å². The maximum absolute atomic E-state index is 14.3. The highest BCUT2D eigenvalue weighted by Gasteiger charge is 2.27. The number of hydrogen-bond acceptors (Lipinski definition) is 4. The zero-order chi connectivity index (χ0) is 17.2. The second-order valence-electron chi connectivity index (χ2n) is 5.54. The van der Waals surface area contributed by atoms with Crippen molar-refractivity contribution < 1.29 is 18.7 Å². The number of H-pyrrole nitrogens is 1. The summed E-state index contributed by atoms with van der Waals surface area (Å²) in [6, 6.07) is 11.6. The number of fused-ring (bicyclic) bond motifs is 1. The predicted octanol–water partition coefficient (Wildman–Crippen LogP) is 2.99. The van der Waals surface area contributed by atoms with Crippen molar-refractivity contribution in [1.29, 1.82) is 0 Å². The quantitative estimate of drug-likeness (QED) is 0.769. The molecule has 1 aromatic heterocycles. The van der Waals surface area contributed by atoms with Gasteiger partial charge >= 0.3 is 0 Å². The van der Waals surface area contributed by atoms with Gasteiger partial charge in [0.15, 0.2) is 11.5 Å². The Hall–Kier alpha value is -3.35. The molecule has 2 aromatic carbocycles. The molecule has 4 rings (SSSR count). The summed E-state index contributed by atoms with van der Waals surface area (Å²) in [7, 11) is 0. The second-order valence-corrected chi connectivity index (χ2v) is 5.54. The Morgan fingerprint density at radius 3 is 2.80 bits per heavy atom. The fourth-order valence-corrected chi connectivity index (χ4v) is 2.57. The molecule has 0 spiro atoms. The van der Waals surface area contributed by atoms with Gasteiger partial charge in [0.05, 0.1) is 11.9 Å². The number of aromatic amines is 1. The minimum Gasteiger partial charge on any atom is -0.485 e. The van der Waals surface area contributed by atoms with E-state index in [2.05, 4.69) is 15.5 Å². The van der Waals surface area contributed by atoms with E-state index in [1.807, 2.05) is 6.07 Å². The molecule has 1 aliphatic rings. The smallest absolute Gasteiger partial charge is 0.269 e. The molecular formula is C18H14FN3O3. The first-order valence-corrected chi connectivity index (χ1v) is 7.69. The zero-order valence-electron chi connectivity index (χ0n) is 13.0. The molecule has 6 nitrogen and oxygen atoms in total. The molecule has 3 aromatic rings. The van der Waals surface area contributed by atoms with Crippen LogP contribution in [0.3, 0.4) is 0 Å². The number of ether oxygens (including phenoxy) is 2. The van der Waals surface area contributed by atoms with Crippen molar-refractivity contribution in [2.45, 2.75) is 6.10 Å². The SMILES string of the molecule is O=C(Nc1ccc(-c2cn[nH]c2)cc1F)[C@@H]1COc2ccccc2O1. The average molecular weight is 339 g/mol. The molecule has 1 atom stereocenters. The number of aromatic nitrogens is 2. The van der Waals surface area contributed by atoms with Gasteiger partial charge in [0.1, 0.15) is 12.4 Å². The molecule has 0 radical (unpaired) electrons. The maximum Gasteiger partial charge on any atom is 0.269 e. The highest BCUT2D eigenvalue weighted by atomic mass is 19.1. The van der Waals surface area contributed by atoms with Gasteiger partial charge in [-0.2, -0.15) is 5.10 Å². The van der Waals surface area contributed by atoms with E-state index in [4.69, 9.17) is 9.47 Å². The van der Waals surface area contributed by atoms with Crippen molar-refractivity contribution in [3.63, 3.8) is 0 Å². The lowest BCUT2D eigenvalue weighted by molar-refractivity contribution is -0.125. The van der Waals surface area contributed by atoms with Crippen LogP contribution in [-0.4, -0.2) is 28.8 Å². The van der Waals surface area contributed by atoms with Gasteiger partial charge in [-0.15, -0.1) is 0 Å². The van der Waals surface area contributed by atoms with Crippen LogP contribution in [0.1, 0.15) is 0 Å². The lowest BCUT2D eigenvalue weighted by atomic mass is 10.1. The topological polar surface area (TPSA) is 76.2 Å². The lowest BCUT2D eigenvalue weighted by Gasteiger charge is -2.25. The van der Waals surface area contributed by atoms with E-state index in [9.17, 15) is 9.18 Å². The molecule has 126 valence electrons. The monoisotopic (exact) mass is 339 g/mol. The largest absolute Gasteiger partial charge is 0.485 e. The van der Waals surface area contributed by atoms with Gasteiger partial charge in [0, 0.05) is 11.8 Å². The summed E-state index contributed by atoms with van der Waals surface area (Å²) in [4.78, 5) is 12.3. The third-order valence-corrected chi connectivity index (χ3v) is 3.86. The number of hydrogen-bond donors (Lipinski definition) is 2. The summed E-state index contributed by atoms with van der Waals surface area (Å²) in [6.45, 7) is 0.0670. The summed E-state index contributed by atoms with van der Waals surface area (Å²) in [5, 5.41) is 9.04. The summed E-state index contributed by atoms with van der Waals surface area (Å²) >= 11 is 0. The third-order valence-electron chi connectivity index (χ3n) is 3.86. The van der Waals surface area contributed by atoms with Gasteiger partial charge in [0.25, 0.3) is 5.91 Å². The molecule has 2 N–H and O–H groups in total. The van der Waals surface area contributed by atoms with Crippen molar-refractivity contribution >= 4 is 11.6 Å². The molecule has 0 bridgehead atoms. The Morgan fingerprint density at radius 1 is 1.20 bits per heavy atom. The predicted molar refractivity (Wildman–Crippen MR) is 89.0 cm³/mol. The number of para-hydroxylation sites is 2. The third kappa shape index (κ3) is 3.03. The number of carbonyl (C=O) groups is 1. The average Bonchev–Trinajstić information content (AvgIpc) is 3.17. The molecule has 0 aliphatic carbocycles. The maximum atomic E-state index is 14.3. The van der Waals surface area contributed by atoms with E-state index in [0.29, 0.717) is 17.1 Å². The molecule has 25 heavy (non-hydrogen) atoms. The van der Waals surface area contributed by atoms with E-state index in [1.165, 1.54) is 12.1 Å². The summed E-state index contributed by atoms with van der Waals surface area (Å²) in [6.07, 6.45) is 2.41. The first-order chi connectivity index (χ1) is 12.2. The van der Waals surface area contributed by atoms with Crippen molar-refractivity contribution in [3.05, 3.63) is 60.7 Å². The van der Waals surface area contributed by atoms with Gasteiger partial charge in [-0.1, -0.05) is 18.2 Å². The number of halogens is 1. The minimum absolute atomic E-state index is 0.0670. The van der Waals surface area contributed by atoms with Crippen LogP contribution in [0.15, 0.2) is 54.9 Å². The van der Waals surface area contributed by atoms with Gasteiger partial charge in [-0.25, -0.2) is 4.39 Å². The van der Waals surface area contributed by atoms with E-state index in [1.54, 1.807) is 36.7 Å². The Labute approximate surface area is 142 Å². The van der Waals surface area contributed by atoms with E-state index < -0.39 is 17.8 Å². The van der Waals surface area contributed by atoms with Gasteiger partial charge in [-0.05, 0) is 29.8 Å². The molecule has 1 amide bonds. The van der Waals surface area contributed by atoms with E-state index in [-0.39, 0.29) is 12.3 Å². The standard InChI is InChI=1S/C18H14FN3O3/c19-13-7-11(12-8-20-21-9-12)5-6-14(13)22-18(23)17-10-24-15-3-1-2-4-16(15)25-17/h1-9,17H,10H2,(H,20,21)(H,22,23)/t17-/m0/s1. The van der Waals surface area contributed by atoms with Gasteiger partial charge < -0.3 is 14.8 Å². The summed E-state index contributed by atoms with van der Waals surface area (Å²) in [5.74, 6) is 0.0699. The number of amides is 1. The fraction of sp³-hybridized carbons (Fsp3) is 0.111. The summed E-state index contributed by atoms with van der Waals surface area (Å²) < 4.78 is 25.4. The van der Waals surface area contributed by atoms with Crippen LogP contribution in [0.4, 0.5) is 10.1 Å². The van der Waals surface area contributed by atoms with Crippen LogP contribution >= 0.6 is 0 Å². The molecular weight excluding hydrogens is 325 g/mol. The molecule has 0 unspecified atom stereocenters. The Balaban J connectivity index is 1.48. The Morgan fingerprint density at radius 2 is 2.04 bits per heavy atom. The molecule has 7 heteroatoms. The van der Waals surface area contributed by atoms with E-state index >= 15 is 0 Å². The minimum atomic E-state index is -0.845. The number of carbonyl (C=O) groups excluding carboxylic acids is 1. The Bertz CT molecular complexity index is 912. The van der Waals surface area contributed by atoms with Crippen LogP contribution < -0.4 is 14.8 Å². The van der Waals surface area contributed by atoms with Crippen LogP contribution in [0.2, 0.25) is 0 Å². The highest BCUT2D eigenvalue weighted by molar-refractivity contribution is 5.95. The summed E-state index contributed by atoms with van der Waals surface area (Å²) in [5.41, 5.74) is 1.51. The first kappa shape index (κ1) is 15.2. The molecule has 1 aliphatic heterocycles. The number of benzene rings is 2. The van der Waals surface area contributed by atoms with Gasteiger partial charge in [-0.3, -0.25) is 9.89 Å². The number of anilines is 1. The lowest BCUT2D eigenvalue weighted by Crippen LogP contribution is -2.40. The zero-order valence-corrected chi connectivity index (χ0v) is 13.0. The first-order valence-electron chi connectivity index (χ1n) is 7.69. The van der Waals surface area contributed by atoms with E-state index in [0.717, 1.165) is 5.56 Å².